The highest BCUT2D eigenvalue weighted by atomic mass is 35.5. The highest BCUT2D eigenvalue weighted by molar-refractivity contribution is 7.99. The quantitative estimate of drug-likeness (QED) is 0.362. The van der Waals surface area contributed by atoms with Gasteiger partial charge in [0.05, 0.1) is 5.02 Å². The molecule has 0 amide bonds. The number of halogens is 2. The molecule has 2 saturated heterocycles. The zero-order chi connectivity index (χ0) is 24.9. The van der Waals surface area contributed by atoms with Crippen LogP contribution in [0.25, 0.3) is 5.65 Å². The predicted octanol–water partition coefficient (Wildman–Crippen LogP) is 4.60. The van der Waals surface area contributed by atoms with Crippen LogP contribution >= 0.6 is 35.0 Å². The van der Waals surface area contributed by atoms with Gasteiger partial charge in [0, 0.05) is 66.7 Å². The molecule has 0 aliphatic carbocycles. The number of anilines is 3. The Morgan fingerprint density at radius 2 is 1.81 bits per heavy atom. The summed E-state index contributed by atoms with van der Waals surface area (Å²) in [6.45, 7) is 3.57. The van der Waals surface area contributed by atoms with E-state index in [1.807, 2.05) is 22.7 Å². The van der Waals surface area contributed by atoms with Gasteiger partial charge in [-0.05, 0) is 31.0 Å². The minimum atomic E-state index is 0.0952. The number of hydrogen-bond donors (Lipinski definition) is 2. The summed E-state index contributed by atoms with van der Waals surface area (Å²) in [7, 11) is 0. The summed E-state index contributed by atoms with van der Waals surface area (Å²) in [6.07, 6.45) is 5.60. The second-order valence-corrected chi connectivity index (χ2v) is 11.3. The molecule has 0 radical (unpaired) electrons. The van der Waals surface area contributed by atoms with E-state index in [0.717, 1.165) is 60.5 Å². The Morgan fingerprint density at radius 3 is 2.58 bits per heavy atom. The molecule has 6 rings (SSSR count). The number of piperidine rings is 1. The van der Waals surface area contributed by atoms with Gasteiger partial charge in [0.15, 0.2) is 0 Å². The van der Waals surface area contributed by atoms with Crippen molar-refractivity contribution in [2.75, 3.05) is 41.7 Å². The first-order valence-electron chi connectivity index (χ1n) is 11.9. The minimum absolute atomic E-state index is 0.0952. The molecule has 4 N–H and O–H groups in total. The lowest BCUT2D eigenvalue weighted by atomic mass is 9.75. The normalized spacial score (nSPS) is 19.5. The van der Waals surface area contributed by atoms with E-state index in [1.165, 1.54) is 17.4 Å². The SMILES string of the molecule is Nc1nccc(Sc2cn3c(N4CCC5(CC4)CN(c4ccccc4)CC5N)nc(Cl)cc3n2)c1Cl. The van der Waals surface area contributed by atoms with Gasteiger partial charge in [0.2, 0.25) is 5.95 Å². The van der Waals surface area contributed by atoms with Gasteiger partial charge in [-0.15, -0.1) is 0 Å². The lowest BCUT2D eigenvalue weighted by Crippen LogP contribution is -2.49. The molecule has 5 heterocycles. The van der Waals surface area contributed by atoms with Gasteiger partial charge in [-0.25, -0.2) is 15.0 Å². The number of fused-ring (bicyclic) bond motifs is 1. The first-order chi connectivity index (χ1) is 17.4. The number of pyridine rings is 1. The number of hydrogen-bond acceptors (Lipinski definition) is 8. The summed E-state index contributed by atoms with van der Waals surface area (Å²) in [5.41, 5.74) is 14.7. The topological polar surface area (TPSA) is 102 Å². The Kier molecular flexibility index (Phi) is 6.11. The first kappa shape index (κ1) is 23.7. The fourth-order valence-electron chi connectivity index (χ4n) is 5.34. The van der Waals surface area contributed by atoms with Crippen LogP contribution < -0.4 is 21.3 Å². The van der Waals surface area contributed by atoms with Crippen LogP contribution in [0.1, 0.15) is 12.8 Å². The number of imidazole rings is 1. The Bertz CT molecular complexity index is 1400. The molecule has 2 aliphatic heterocycles. The number of nitrogen functional groups attached to an aromatic ring is 1. The third-order valence-corrected chi connectivity index (χ3v) is 9.02. The molecular formula is C25H26Cl2N8S. The largest absolute Gasteiger partial charge is 0.382 e. The highest BCUT2D eigenvalue weighted by Crippen LogP contribution is 2.42. The van der Waals surface area contributed by atoms with E-state index < -0.39 is 0 Å². The van der Waals surface area contributed by atoms with Gasteiger partial charge in [0.25, 0.3) is 0 Å². The number of para-hydroxylation sites is 1. The Balaban J connectivity index is 1.23. The molecule has 4 aromatic rings. The second-order valence-electron chi connectivity index (χ2n) is 9.47. The Labute approximate surface area is 223 Å². The highest BCUT2D eigenvalue weighted by Gasteiger charge is 2.46. The summed E-state index contributed by atoms with van der Waals surface area (Å²) in [5.74, 6) is 1.09. The van der Waals surface area contributed by atoms with Gasteiger partial charge >= 0.3 is 0 Å². The van der Waals surface area contributed by atoms with Crippen LogP contribution in [0, 0.1) is 5.41 Å². The average molecular weight is 542 g/mol. The van der Waals surface area contributed by atoms with E-state index >= 15 is 0 Å². The van der Waals surface area contributed by atoms with Gasteiger partial charge in [-0.1, -0.05) is 53.2 Å². The molecule has 8 nitrogen and oxygen atoms in total. The average Bonchev–Trinajstić information content (AvgIpc) is 3.43. The molecule has 1 atom stereocenters. The standard InChI is InChI=1S/C25H26Cl2N8S/c26-19-12-20-32-21(36-17-6-9-30-23(29)22(17)27)14-35(20)24(31-19)33-10-7-25(8-11-33)15-34(13-18(25)28)16-4-2-1-3-5-16/h1-6,9,12,14,18H,7-8,10-11,13,15,28H2,(H2,29,30). The van der Waals surface area contributed by atoms with Crippen molar-refractivity contribution >= 4 is 58.1 Å². The first-order valence-corrected chi connectivity index (χ1v) is 13.4. The van der Waals surface area contributed by atoms with Crippen LogP contribution in [0.3, 0.4) is 0 Å². The molecular weight excluding hydrogens is 515 g/mol. The molecule has 1 aromatic carbocycles. The van der Waals surface area contributed by atoms with Crippen molar-refractivity contribution in [3.63, 3.8) is 0 Å². The summed E-state index contributed by atoms with van der Waals surface area (Å²) < 4.78 is 2.00. The third kappa shape index (κ3) is 4.24. The Hall–Kier alpha value is -2.72. The van der Waals surface area contributed by atoms with Crippen molar-refractivity contribution in [2.24, 2.45) is 11.1 Å². The lowest BCUT2D eigenvalue weighted by Gasteiger charge is -2.41. The minimum Gasteiger partial charge on any atom is -0.382 e. The van der Waals surface area contributed by atoms with Crippen LogP contribution in [0.15, 0.2) is 64.8 Å². The van der Waals surface area contributed by atoms with E-state index in [1.54, 1.807) is 12.3 Å². The monoisotopic (exact) mass is 540 g/mol. The van der Waals surface area contributed by atoms with Crippen molar-refractivity contribution < 1.29 is 0 Å². The molecule has 11 heteroatoms. The van der Waals surface area contributed by atoms with Crippen molar-refractivity contribution in [3.8, 4) is 0 Å². The molecule has 1 spiro atoms. The maximum atomic E-state index is 6.73. The van der Waals surface area contributed by atoms with Crippen molar-refractivity contribution in [1.29, 1.82) is 0 Å². The van der Waals surface area contributed by atoms with E-state index in [-0.39, 0.29) is 11.5 Å². The summed E-state index contributed by atoms with van der Waals surface area (Å²) in [6, 6.07) is 14.3. The summed E-state index contributed by atoms with van der Waals surface area (Å²) >= 11 is 14.2. The fourth-order valence-corrected chi connectivity index (χ4v) is 6.58. The van der Waals surface area contributed by atoms with Gasteiger partial charge < -0.3 is 21.3 Å². The number of rotatable bonds is 4. The summed E-state index contributed by atoms with van der Waals surface area (Å²) in [5, 5.41) is 1.62. The van der Waals surface area contributed by atoms with Gasteiger partial charge in [-0.2, -0.15) is 0 Å². The molecule has 36 heavy (non-hydrogen) atoms. The molecule has 186 valence electrons. The van der Waals surface area contributed by atoms with Crippen molar-refractivity contribution in [2.45, 2.75) is 28.8 Å². The maximum Gasteiger partial charge on any atom is 0.212 e. The molecule has 0 bridgehead atoms. The van der Waals surface area contributed by atoms with Crippen LogP contribution in [-0.2, 0) is 0 Å². The van der Waals surface area contributed by atoms with E-state index in [4.69, 9.17) is 39.7 Å². The second kappa shape index (κ2) is 9.30. The maximum absolute atomic E-state index is 6.73. The zero-order valence-electron chi connectivity index (χ0n) is 19.5. The number of benzene rings is 1. The van der Waals surface area contributed by atoms with E-state index in [2.05, 4.69) is 44.0 Å². The van der Waals surface area contributed by atoms with Crippen molar-refractivity contribution in [1.82, 2.24) is 19.4 Å². The smallest absolute Gasteiger partial charge is 0.212 e. The third-order valence-electron chi connectivity index (χ3n) is 7.35. The summed E-state index contributed by atoms with van der Waals surface area (Å²) in [4.78, 5) is 19.0. The lowest BCUT2D eigenvalue weighted by molar-refractivity contribution is 0.220. The molecule has 0 saturated carbocycles. The fraction of sp³-hybridized carbons (Fsp3) is 0.320. The Morgan fingerprint density at radius 1 is 1.03 bits per heavy atom. The zero-order valence-corrected chi connectivity index (χ0v) is 21.8. The molecule has 1 unspecified atom stereocenters. The van der Waals surface area contributed by atoms with E-state index in [9.17, 15) is 0 Å². The van der Waals surface area contributed by atoms with Crippen LogP contribution in [0.4, 0.5) is 17.5 Å². The van der Waals surface area contributed by atoms with Gasteiger partial charge in [-0.3, -0.25) is 4.40 Å². The molecule has 3 aromatic heterocycles. The van der Waals surface area contributed by atoms with Gasteiger partial charge in [0.1, 0.15) is 21.6 Å². The predicted molar refractivity (Wildman–Crippen MR) is 146 cm³/mol. The van der Waals surface area contributed by atoms with Crippen LogP contribution in [0.5, 0.6) is 0 Å². The number of nitrogens with zero attached hydrogens (tertiary/aromatic N) is 6. The van der Waals surface area contributed by atoms with Crippen LogP contribution in [0.2, 0.25) is 10.2 Å². The molecule has 2 fully saturated rings. The number of aromatic nitrogens is 4. The van der Waals surface area contributed by atoms with Crippen molar-refractivity contribution in [3.05, 3.63) is 65.0 Å². The number of nitrogens with two attached hydrogens (primary N) is 2. The van der Waals surface area contributed by atoms with E-state index in [0.29, 0.717) is 16.0 Å². The molecule has 2 aliphatic rings. The van der Waals surface area contributed by atoms with Crippen LogP contribution in [-0.4, -0.2) is 51.6 Å².